The Bertz CT molecular complexity index is 720. The summed E-state index contributed by atoms with van der Waals surface area (Å²) in [5.74, 6) is 0.599. The van der Waals surface area contributed by atoms with E-state index in [1.165, 1.54) is 11.1 Å². The Morgan fingerprint density at radius 1 is 0.960 bits per heavy atom. The van der Waals surface area contributed by atoms with E-state index in [4.69, 9.17) is 0 Å². The van der Waals surface area contributed by atoms with Crippen molar-refractivity contribution >= 4 is 5.78 Å². The minimum atomic E-state index is 0.118. The molecular weight excluding hydrogens is 304 g/mol. The summed E-state index contributed by atoms with van der Waals surface area (Å²) in [6.07, 6.45) is 9.30. The van der Waals surface area contributed by atoms with Crippen molar-refractivity contribution in [1.29, 1.82) is 0 Å². The van der Waals surface area contributed by atoms with Crippen LogP contribution in [0.2, 0.25) is 0 Å². The molecule has 0 saturated heterocycles. The lowest BCUT2D eigenvalue weighted by atomic mass is 9.88. The Balaban J connectivity index is 0.00000109. The second-order valence-electron chi connectivity index (χ2n) is 6.08. The molecule has 0 aliphatic heterocycles. The molecule has 1 nitrogen and oxygen atoms in total. The molecule has 0 N–H and O–H groups in total. The van der Waals surface area contributed by atoms with Crippen molar-refractivity contribution in [3.8, 4) is 0 Å². The van der Waals surface area contributed by atoms with Crippen LogP contribution < -0.4 is 0 Å². The van der Waals surface area contributed by atoms with Gasteiger partial charge < -0.3 is 0 Å². The third-order valence-corrected chi connectivity index (χ3v) is 4.42. The van der Waals surface area contributed by atoms with E-state index in [0.29, 0.717) is 5.92 Å². The molecule has 0 radical (unpaired) electrons. The zero-order chi connectivity index (χ0) is 18.1. The second-order valence-corrected chi connectivity index (χ2v) is 6.08. The number of aryl methyl sites for hydroxylation is 1. The van der Waals surface area contributed by atoms with Crippen LogP contribution in [0.1, 0.15) is 48.7 Å². The van der Waals surface area contributed by atoms with E-state index in [0.717, 1.165) is 30.4 Å². The monoisotopic (exact) mass is 332 g/mol. The minimum Gasteiger partial charge on any atom is -0.289 e. The van der Waals surface area contributed by atoms with Crippen LogP contribution in [-0.4, -0.2) is 5.78 Å². The molecule has 0 aromatic heterocycles. The van der Waals surface area contributed by atoms with Crippen LogP contribution in [0.25, 0.3) is 0 Å². The standard InChI is InChI=1S/C22H22O.C2H6/c1-2-17-8-10-18(11-9-17)16-19-12-14-21(15-13-19)22(23)20-6-4-3-5-7-20;1-2/h3-12,14-15,19H,2,13,16H2,1H3;1-2H3. The summed E-state index contributed by atoms with van der Waals surface area (Å²) in [5, 5.41) is 0. The van der Waals surface area contributed by atoms with E-state index >= 15 is 0 Å². The highest BCUT2D eigenvalue weighted by atomic mass is 16.1. The molecule has 1 heteroatoms. The molecule has 0 bridgehead atoms. The summed E-state index contributed by atoms with van der Waals surface area (Å²) < 4.78 is 0. The van der Waals surface area contributed by atoms with Gasteiger partial charge in [-0.1, -0.05) is 93.6 Å². The van der Waals surface area contributed by atoms with E-state index in [-0.39, 0.29) is 5.78 Å². The fourth-order valence-electron chi connectivity index (χ4n) is 2.95. The van der Waals surface area contributed by atoms with Gasteiger partial charge in [-0.05, 0) is 36.3 Å². The number of Topliss-reactive ketones (excluding diaryl/α,β-unsaturated/α-hetero) is 1. The number of carbonyl (C=O) groups excluding carboxylic acids is 1. The van der Waals surface area contributed by atoms with Gasteiger partial charge in [0.2, 0.25) is 0 Å². The van der Waals surface area contributed by atoms with Gasteiger partial charge in [0.05, 0.1) is 0 Å². The van der Waals surface area contributed by atoms with Crippen LogP contribution in [0.5, 0.6) is 0 Å². The van der Waals surface area contributed by atoms with Gasteiger partial charge in [0.1, 0.15) is 0 Å². The molecule has 0 saturated carbocycles. The summed E-state index contributed by atoms with van der Waals surface area (Å²) >= 11 is 0. The molecule has 1 aliphatic rings. The predicted octanol–water partition coefficient (Wildman–Crippen LogP) is 6.20. The molecule has 0 spiro atoms. The number of ketones is 1. The summed E-state index contributed by atoms with van der Waals surface area (Å²) in [5.41, 5.74) is 4.32. The SMILES string of the molecule is CC.CCc1ccc(CC2C=CC(C(=O)c3ccccc3)=CC2)cc1. The molecule has 0 heterocycles. The Morgan fingerprint density at radius 3 is 2.16 bits per heavy atom. The number of hydrogen-bond donors (Lipinski definition) is 0. The molecule has 1 atom stereocenters. The third-order valence-electron chi connectivity index (χ3n) is 4.42. The average molecular weight is 332 g/mol. The van der Waals surface area contributed by atoms with Crippen molar-refractivity contribution in [2.24, 2.45) is 5.92 Å². The van der Waals surface area contributed by atoms with Crippen molar-refractivity contribution in [3.63, 3.8) is 0 Å². The highest BCUT2D eigenvalue weighted by Crippen LogP contribution is 2.23. The van der Waals surface area contributed by atoms with Crippen LogP contribution in [0.4, 0.5) is 0 Å². The van der Waals surface area contributed by atoms with Crippen LogP contribution in [-0.2, 0) is 12.8 Å². The van der Waals surface area contributed by atoms with Crippen LogP contribution in [0, 0.1) is 5.92 Å². The van der Waals surface area contributed by atoms with Crippen LogP contribution in [0.15, 0.2) is 78.4 Å². The second kappa shape index (κ2) is 9.78. The maximum absolute atomic E-state index is 12.4. The van der Waals surface area contributed by atoms with Crippen molar-refractivity contribution < 1.29 is 4.79 Å². The zero-order valence-electron chi connectivity index (χ0n) is 15.5. The number of carbonyl (C=O) groups is 1. The Labute approximate surface area is 152 Å². The van der Waals surface area contributed by atoms with Gasteiger partial charge in [-0.15, -0.1) is 0 Å². The fourth-order valence-corrected chi connectivity index (χ4v) is 2.95. The topological polar surface area (TPSA) is 17.1 Å². The molecule has 2 aromatic rings. The zero-order valence-corrected chi connectivity index (χ0v) is 15.5. The maximum atomic E-state index is 12.4. The summed E-state index contributed by atoms with van der Waals surface area (Å²) in [7, 11) is 0. The molecule has 130 valence electrons. The molecule has 0 amide bonds. The van der Waals surface area contributed by atoms with E-state index in [1.54, 1.807) is 0 Å². The summed E-state index contributed by atoms with van der Waals surface area (Å²) in [6, 6.07) is 18.4. The van der Waals surface area contributed by atoms with Gasteiger partial charge in [0, 0.05) is 11.1 Å². The normalized spacial score (nSPS) is 15.8. The lowest BCUT2D eigenvalue weighted by Crippen LogP contribution is -2.09. The predicted molar refractivity (Wildman–Crippen MR) is 107 cm³/mol. The highest BCUT2D eigenvalue weighted by molar-refractivity contribution is 6.10. The number of allylic oxidation sites excluding steroid dienone is 4. The van der Waals surface area contributed by atoms with Gasteiger partial charge in [-0.2, -0.15) is 0 Å². The number of hydrogen-bond acceptors (Lipinski definition) is 1. The van der Waals surface area contributed by atoms with Crippen molar-refractivity contribution in [2.75, 3.05) is 0 Å². The third kappa shape index (κ3) is 5.29. The van der Waals surface area contributed by atoms with Gasteiger partial charge in [-0.3, -0.25) is 4.79 Å². The van der Waals surface area contributed by atoms with Crippen LogP contribution in [0.3, 0.4) is 0 Å². The molecule has 2 aromatic carbocycles. The van der Waals surface area contributed by atoms with Gasteiger partial charge in [0.15, 0.2) is 5.78 Å². The fraction of sp³-hybridized carbons (Fsp3) is 0.292. The molecule has 3 rings (SSSR count). The molecule has 25 heavy (non-hydrogen) atoms. The van der Waals surface area contributed by atoms with E-state index in [9.17, 15) is 4.79 Å². The Kier molecular flexibility index (Phi) is 7.40. The molecule has 0 fully saturated rings. The van der Waals surface area contributed by atoms with Crippen molar-refractivity contribution in [1.82, 2.24) is 0 Å². The summed E-state index contributed by atoms with van der Waals surface area (Å²) in [6.45, 7) is 6.18. The van der Waals surface area contributed by atoms with E-state index in [1.807, 2.05) is 50.3 Å². The lowest BCUT2D eigenvalue weighted by molar-refractivity contribution is 0.103. The van der Waals surface area contributed by atoms with E-state index < -0.39 is 0 Å². The van der Waals surface area contributed by atoms with Crippen molar-refractivity contribution in [2.45, 2.75) is 40.0 Å². The number of rotatable bonds is 5. The largest absolute Gasteiger partial charge is 0.289 e. The van der Waals surface area contributed by atoms with Crippen LogP contribution >= 0.6 is 0 Å². The first-order valence-electron chi connectivity index (χ1n) is 9.32. The maximum Gasteiger partial charge on any atom is 0.192 e. The first kappa shape index (κ1) is 18.9. The highest BCUT2D eigenvalue weighted by Gasteiger charge is 2.15. The quantitative estimate of drug-likeness (QED) is 0.595. The first-order chi connectivity index (χ1) is 12.3. The minimum absolute atomic E-state index is 0.118. The van der Waals surface area contributed by atoms with Gasteiger partial charge in [0.25, 0.3) is 0 Å². The van der Waals surface area contributed by atoms with Gasteiger partial charge >= 0.3 is 0 Å². The molecule has 1 aliphatic carbocycles. The number of benzene rings is 2. The van der Waals surface area contributed by atoms with Crippen molar-refractivity contribution in [3.05, 3.63) is 95.1 Å². The van der Waals surface area contributed by atoms with Gasteiger partial charge in [-0.25, -0.2) is 0 Å². The Hall–Kier alpha value is -2.41. The Morgan fingerprint density at radius 2 is 1.60 bits per heavy atom. The molecular formula is C24H28O. The smallest absolute Gasteiger partial charge is 0.192 e. The summed E-state index contributed by atoms with van der Waals surface area (Å²) in [4.78, 5) is 12.4. The molecule has 1 unspecified atom stereocenters. The average Bonchev–Trinajstić information content (AvgIpc) is 2.71. The first-order valence-corrected chi connectivity index (χ1v) is 9.32. The van der Waals surface area contributed by atoms with E-state index in [2.05, 4.69) is 43.3 Å². The lowest BCUT2D eigenvalue weighted by Gasteiger charge is -2.16.